The number of hydrogen-bond donors (Lipinski definition) is 1. The third kappa shape index (κ3) is 2.63. The summed E-state index contributed by atoms with van der Waals surface area (Å²) in [6, 6.07) is 7.73. The van der Waals surface area contributed by atoms with Gasteiger partial charge in [-0.05, 0) is 50.7 Å². The van der Waals surface area contributed by atoms with Crippen LogP contribution in [-0.2, 0) is 4.79 Å². The van der Waals surface area contributed by atoms with Crippen LogP contribution in [0.15, 0.2) is 28.7 Å². The highest BCUT2D eigenvalue weighted by Crippen LogP contribution is 2.34. The first-order valence-electron chi connectivity index (χ1n) is 8.53. The first-order valence-corrected chi connectivity index (χ1v) is 8.53. The summed E-state index contributed by atoms with van der Waals surface area (Å²) in [6.45, 7) is 1.31. The van der Waals surface area contributed by atoms with Crippen LogP contribution < -0.4 is 0 Å². The number of rotatable bonds is 2. The normalized spacial score (nSPS) is 24.2. The fourth-order valence-electron chi connectivity index (χ4n) is 3.90. The molecule has 1 atom stereocenters. The molecular weight excluding hydrogens is 292 g/mol. The van der Waals surface area contributed by atoms with Gasteiger partial charge in [-0.2, -0.15) is 0 Å². The molecule has 1 saturated heterocycles. The largest absolute Gasteiger partial charge is 0.440 e. The average molecular weight is 314 g/mol. The highest BCUT2D eigenvalue weighted by atomic mass is 16.3. The topological polar surface area (TPSA) is 66.6 Å². The van der Waals surface area contributed by atoms with Crippen LogP contribution in [0.2, 0.25) is 0 Å². The fourth-order valence-corrected chi connectivity index (χ4v) is 3.90. The Labute approximate surface area is 135 Å². The van der Waals surface area contributed by atoms with Gasteiger partial charge in [-0.15, -0.1) is 0 Å². The van der Waals surface area contributed by atoms with Crippen molar-refractivity contribution in [2.45, 2.75) is 50.0 Å². The smallest absolute Gasteiger partial charge is 0.254 e. The first-order chi connectivity index (χ1) is 11.2. The Hall–Kier alpha value is -1.88. The monoisotopic (exact) mass is 314 g/mol. The lowest BCUT2D eigenvalue weighted by molar-refractivity contribution is -0.152. The third-order valence-electron chi connectivity index (χ3n) is 5.20. The van der Waals surface area contributed by atoms with Gasteiger partial charge in [-0.1, -0.05) is 12.1 Å². The molecule has 122 valence electrons. The lowest BCUT2D eigenvalue weighted by atomic mass is 9.94. The number of para-hydroxylation sites is 2. The van der Waals surface area contributed by atoms with Gasteiger partial charge in [0, 0.05) is 13.1 Å². The number of hydrogen-bond acceptors (Lipinski definition) is 4. The minimum atomic E-state index is -1.14. The number of aromatic nitrogens is 1. The number of benzene rings is 1. The first kappa shape index (κ1) is 14.7. The zero-order chi connectivity index (χ0) is 15.9. The molecule has 0 bridgehead atoms. The molecule has 1 unspecified atom stereocenters. The number of carbonyl (C=O) groups excluding carboxylic acids is 1. The van der Waals surface area contributed by atoms with Crippen LogP contribution >= 0.6 is 0 Å². The second-order valence-corrected chi connectivity index (χ2v) is 6.85. The van der Waals surface area contributed by atoms with Gasteiger partial charge in [0.1, 0.15) is 11.1 Å². The van der Waals surface area contributed by atoms with E-state index in [0.29, 0.717) is 25.3 Å². The molecule has 1 aliphatic carbocycles. The van der Waals surface area contributed by atoms with Crippen LogP contribution in [0.3, 0.4) is 0 Å². The van der Waals surface area contributed by atoms with Gasteiger partial charge in [0.05, 0.1) is 5.92 Å². The number of likely N-dealkylation sites (tertiary alicyclic amines) is 1. The van der Waals surface area contributed by atoms with E-state index >= 15 is 0 Å². The Kier molecular flexibility index (Phi) is 3.60. The molecule has 1 aliphatic heterocycles. The summed E-state index contributed by atoms with van der Waals surface area (Å²) in [4.78, 5) is 19.1. The van der Waals surface area contributed by atoms with Crippen LogP contribution in [0.25, 0.3) is 11.1 Å². The summed E-state index contributed by atoms with van der Waals surface area (Å²) in [5.41, 5.74) is 0.518. The third-order valence-corrected chi connectivity index (χ3v) is 5.20. The molecule has 23 heavy (non-hydrogen) atoms. The van der Waals surface area contributed by atoms with E-state index in [1.54, 1.807) is 0 Å². The zero-order valence-electron chi connectivity index (χ0n) is 13.2. The van der Waals surface area contributed by atoms with E-state index in [4.69, 9.17) is 4.42 Å². The number of fused-ring (bicyclic) bond motifs is 1. The van der Waals surface area contributed by atoms with E-state index in [-0.39, 0.29) is 11.8 Å². The minimum absolute atomic E-state index is 0.101. The second kappa shape index (κ2) is 5.64. The van der Waals surface area contributed by atoms with Crippen molar-refractivity contribution < 1.29 is 14.3 Å². The van der Waals surface area contributed by atoms with Gasteiger partial charge in [-0.25, -0.2) is 4.98 Å². The van der Waals surface area contributed by atoms with Crippen molar-refractivity contribution in [3.8, 4) is 0 Å². The number of piperidine rings is 1. The van der Waals surface area contributed by atoms with Crippen molar-refractivity contribution in [3.05, 3.63) is 30.2 Å². The summed E-state index contributed by atoms with van der Waals surface area (Å²) < 4.78 is 5.87. The Morgan fingerprint density at radius 3 is 2.83 bits per heavy atom. The lowest BCUT2D eigenvalue weighted by Gasteiger charge is -2.35. The van der Waals surface area contributed by atoms with Crippen molar-refractivity contribution in [1.82, 2.24) is 9.88 Å². The molecule has 2 heterocycles. The molecule has 1 amide bonds. The van der Waals surface area contributed by atoms with E-state index in [0.717, 1.165) is 43.3 Å². The summed E-state index contributed by atoms with van der Waals surface area (Å²) in [5, 5.41) is 10.6. The molecule has 0 spiro atoms. The van der Waals surface area contributed by atoms with Crippen LogP contribution in [0, 0.1) is 0 Å². The highest BCUT2D eigenvalue weighted by molar-refractivity contribution is 5.85. The van der Waals surface area contributed by atoms with Crippen LogP contribution in [0.4, 0.5) is 0 Å². The number of amides is 1. The second-order valence-electron chi connectivity index (χ2n) is 6.85. The number of nitrogens with zero attached hydrogens (tertiary/aromatic N) is 2. The maximum Gasteiger partial charge on any atom is 0.254 e. The molecule has 1 aromatic heterocycles. The Bertz CT molecular complexity index is 685. The average Bonchev–Trinajstić information content (AvgIpc) is 3.21. The lowest BCUT2D eigenvalue weighted by Crippen LogP contribution is -2.50. The molecule has 5 nitrogen and oxygen atoms in total. The fraction of sp³-hybridized carbons (Fsp3) is 0.556. The Balaban J connectivity index is 1.53. The number of carbonyl (C=O) groups is 1. The Morgan fingerprint density at radius 1 is 1.26 bits per heavy atom. The van der Waals surface area contributed by atoms with Crippen LogP contribution in [0.5, 0.6) is 0 Å². The van der Waals surface area contributed by atoms with E-state index in [1.807, 2.05) is 29.2 Å². The van der Waals surface area contributed by atoms with Crippen molar-refractivity contribution in [2.75, 3.05) is 13.1 Å². The summed E-state index contributed by atoms with van der Waals surface area (Å²) in [7, 11) is 0. The van der Waals surface area contributed by atoms with Gasteiger partial charge in [0.15, 0.2) is 11.5 Å². The maximum absolute atomic E-state index is 12.7. The van der Waals surface area contributed by atoms with Gasteiger partial charge in [0.2, 0.25) is 0 Å². The van der Waals surface area contributed by atoms with Crippen molar-refractivity contribution in [2.24, 2.45) is 0 Å². The van der Waals surface area contributed by atoms with E-state index in [2.05, 4.69) is 4.98 Å². The minimum Gasteiger partial charge on any atom is -0.440 e. The SMILES string of the molecule is O=C(N1CCCC(c2nc3ccccc3o2)C1)C1(O)CCCC1. The van der Waals surface area contributed by atoms with E-state index < -0.39 is 5.60 Å². The van der Waals surface area contributed by atoms with Crippen molar-refractivity contribution in [3.63, 3.8) is 0 Å². The van der Waals surface area contributed by atoms with Gasteiger partial charge in [-0.3, -0.25) is 4.79 Å². The maximum atomic E-state index is 12.7. The quantitative estimate of drug-likeness (QED) is 0.925. The zero-order valence-corrected chi connectivity index (χ0v) is 13.2. The van der Waals surface area contributed by atoms with Crippen molar-refractivity contribution >= 4 is 17.0 Å². The van der Waals surface area contributed by atoms with E-state index in [9.17, 15) is 9.90 Å². The molecule has 1 saturated carbocycles. The Morgan fingerprint density at radius 2 is 2.04 bits per heavy atom. The molecule has 2 fully saturated rings. The molecule has 0 radical (unpaired) electrons. The summed E-state index contributed by atoms with van der Waals surface area (Å²) in [5.74, 6) is 0.725. The van der Waals surface area contributed by atoms with Crippen LogP contribution in [-0.4, -0.2) is 39.6 Å². The van der Waals surface area contributed by atoms with Gasteiger partial charge in [0.25, 0.3) is 5.91 Å². The van der Waals surface area contributed by atoms with Gasteiger partial charge < -0.3 is 14.4 Å². The predicted octanol–water partition coefficient (Wildman–Crippen LogP) is 2.84. The predicted molar refractivity (Wildman–Crippen MR) is 86.0 cm³/mol. The van der Waals surface area contributed by atoms with Gasteiger partial charge >= 0.3 is 0 Å². The van der Waals surface area contributed by atoms with E-state index in [1.165, 1.54) is 0 Å². The summed E-state index contributed by atoms with van der Waals surface area (Å²) >= 11 is 0. The molecule has 4 rings (SSSR count). The van der Waals surface area contributed by atoms with Crippen molar-refractivity contribution in [1.29, 1.82) is 0 Å². The van der Waals surface area contributed by atoms with Crippen LogP contribution in [0.1, 0.15) is 50.3 Å². The highest BCUT2D eigenvalue weighted by Gasteiger charge is 2.43. The molecular formula is C18H22N2O3. The molecule has 1 aromatic carbocycles. The number of aliphatic hydroxyl groups is 1. The number of oxazole rings is 1. The molecule has 2 aliphatic rings. The molecule has 1 N–H and O–H groups in total. The molecule has 2 aromatic rings. The standard InChI is InChI=1S/C18H22N2O3/c21-17(18(22)9-3-4-10-18)20-11-5-6-13(12-20)16-19-14-7-1-2-8-15(14)23-16/h1-2,7-8,13,22H,3-6,9-12H2. The summed E-state index contributed by atoms with van der Waals surface area (Å²) in [6.07, 6.45) is 4.95. The molecule has 5 heteroatoms.